The molecule has 0 radical (unpaired) electrons. The summed E-state index contributed by atoms with van der Waals surface area (Å²) in [6.45, 7) is 1.81. The van der Waals surface area contributed by atoms with Crippen molar-refractivity contribution >= 4 is 28.3 Å². The maximum absolute atomic E-state index is 11.1. The van der Waals surface area contributed by atoms with E-state index in [9.17, 15) is 14.7 Å². The topological polar surface area (TPSA) is 82.1 Å². The van der Waals surface area contributed by atoms with Crippen molar-refractivity contribution in [3.8, 4) is 0 Å². The van der Waals surface area contributed by atoms with Gasteiger partial charge in [0.2, 0.25) is 5.91 Å². The Balaban J connectivity index is 2.37. The highest BCUT2D eigenvalue weighted by Crippen LogP contribution is 2.14. The highest BCUT2D eigenvalue weighted by molar-refractivity contribution is 7.13. The minimum absolute atomic E-state index is 0.0824. The van der Waals surface area contributed by atoms with Gasteiger partial charge in [0, 0.05) is 17.8 Å². The van der Waals surface area contributed by atoms with Gasteiger partial charge in [0.25, 0.3) is 0 Å². The summed E-state index contributed by atoms with van der Waals surface area (Å²) >= 11 is 1.31. The van der Waals surface area contributed by atoms with Crippen molar-refractivity contribution in [1.29, 1.82) is 0 Å². The second-order valence-corrected chi connectivity index (χ2v) is 3.57. The van der Waals surface area contributed by atoms with E-state index in [1.165, 1.54) is 11.3 Å². The lowest BCUT2D eigenvalue weighted by Gasteiger charge is -2.01. The zero-order chi connectivity index (χ0) is 10.6. The molecular formula is C8H9N2O3S-. The summed E-state index contributed by atoms with van der Waals surface area (Å²) in [5.41, 5.74) is 0.824. The second-order valence-electron chi connectivity index (χ2n) is 2.71. The maximum atomic E-state index is 11.1. The summed E-state index contributed by atoms with van der Waals surface area (Å²) in [5.74, 6) is -1.58. The first kappa shape index (κ1) is 10.6. The number of carboxylic acid groups (broad SMARTS) is 1. The van der Waals surface area contributed by atoms with Crippen molar-refractivity contribution in [2.75, 3.05) is 5.32 Å². The standard InChI is InChI=1S/C8H10N2O3S/c1-5-4-14-8(9-5)10-6(11)2-3-7(12)13/h4H,2-3H2,1H3,(H,12,13)(H,9,10,11)/p-1. The number of nitrogens with zero attached hydrogens (tertiary/aromatic N) is 1. The Morgan fingerprint density at radius 3 is 2.79 bits per heavy atom. The summed E-state index contributed by atoms with van der Waals surface area (Å²) in [5, 5.41) is 14.8. The molecule has 0 saturated heterocycles. The maximum Gasteiger partial charge on any atom is 0.226 e. The van der Waals surface area contributed by atoms with Gasteiger partial charge in [-0.05, 0) is 13.3 Å². The number of thiazole rings is 1. The van der Waals surface area contributed by atoms with Crippen LogP contribution in [0.3, 0.4) is 0 Å². The molecule has 0 aromatic carbocycles. The molecule has 5 nitrogen and oxygen atoms in total. The Labute approximate surface area is 84.8 Å². The molecule has 1 rings (SSSR count). The van der Waals surface area contributed by atoms with Crippen LogP contribution in [-0.2, 0) is 9.59 Å². The summed E-state index contributed by atoms with van der Waals surface area (Å²) in [4.78, 5) is 25.1. The van der Waals surface area contributed by atoms with Crippen LogP contribution in [0.15, 0.2) is 5.38 Å². The summed E-state index contributed by atoms with van der Waals surface area (Å²) in [7, 11) is 0. The number of carbonyl (C=O) groups is 2. The molecule has 0 aliphatic heterocycles. The van der Waals surface area contributed by atoms with Gasteiger partial charge >= 0.3 is 0 Å². The Kier molecular flexibility index (Phi) is 3.58. The first-order valence-electron chi connectivity index (χ1n) is 4.00. The number of anilines is 1. The van der Waals surface area contributed by atoms with Crippen LogP contribution in [0.1, 0.15) is 18.5 Å². The molecule has 6 heteroatoms. The Hall–Kier alpha value is -1.43. The minimum Gasteiger partial charge on any atom is -0.550 e. The predicted molar refractivity (Wildman–Crippen MR) is 49.7 cm³/mol. The third kappa shape index (κ3) is 3.53. The predicted octanol–water partition coefficient (Wildman–Crippen LogP) is -0.0799. The van der Waals surface area contributed by atoms with E-state index in [1.54, 1.807) is 5.38 Å². The van der Waals surface area contributed by atoms with Crippen LogP contribution in [-0.4, -0.2) is 16.9 Å². The first-order chi connectivity index (χ1) is 6.58. The van der Waals surface area contributed by atoms with Gasteiger partial charge in [-0.3, -0.25) is 4.79 Å². The van der Waals surface area contributed by atoms with E-state index in [0.717, 1.165) is 5.69 Å². The molecular weight excluding hydrogens is 204 g/mol. The number of aryl methyl sites for hydroxylation is 1. The van der Waals surface area contributed by atoms with E-state index in [0.29, 0.717) is 5.13 Å². The first-order valence-corrected chi connectivity index (χ1v) is 4.87. The minimum atomic E-state index is -1.23. The molecule has 1 heterocycles. The third-order valence-corrected chi connectivity index (χ3v) is 2.30. The van der Waals surface area contributed by atoms with Gasteiger partial charge in [-0.25, -0.2) is 4.98 Å². The van der Waals surface area contributed by atoms with Crippen LogP contribution in [0, 0.1) is 6.92 Å². The zero-order valence-corrected chi connectivity index (χ0v) is 8.39. The molecule has 0 aliphatic rings. The summed E-state index contributed by atoms with van der Waals surface area (Å²) in [6.07, 6.45) is -0.350. The van der Waals surface area contributed by atoms with E-state index in [-0.39, 0.29) is 18.7 Å². The van der Waals surface area contributed by atoms with Gasteiger partial charge in [0.15, 0.2) is 5.13 Å². The highest BCUT2D eigenvalue weighted by atomic mass is 32.1. The van der Waals surface area contributed by atoms with Crippen molar-refractivity contribution in [2.24, 2.45) is 0 Å². The van der Waals surface area contributed by atoms with E-state index in [4.69, 9.17) is 0 Å². The number of nitrogens with one attached hydrogen (secondary N) is 1. The van der Waals surface area contributed by atoms with E-state index in [1.807, 2.05) is 6.92 Å². The molecule has 0 aliphatic carbocycles. The van der Waals surface area contributed by atoms with Crippen molar-refractivity contribution in [3.63, 3.8) is 0 Å². The molecule has 76 valence electrons. The van der Waals surface area contributed by atoms with Crippen molar-refractivity contribution in [3.05, 3.63) is 11.1 Å². The summed E-state index contributed by atoms with van der Waals surface area (Å²) in [6, 6.07) is 0. The van der Waals surface area contributed by atoms with Crippen LogP contribution in [0.25, 0.3) is 0 Å². The van der Waals surface area contributed by atoms with Gasteiger partial charge in [-0.1, -0.05) is 0 Å². The molecule has 0 fully saturated rings. The average Bonchev–Trinajstić information content (AvgIpc) is 2.48. The lowest BCUT2D eigenvalue weighted by atomic mass is 10.3. The molecule has 14 heavy (non-hydrogen) atoms. The SMILES string of the molecule is Cc1csc(NC(=O)CCC(=O)[O-])n1. The fraction of sp³-hybridized carbons (Fsp3) is 0.375. The number of aliphatic carboxylic acids is 1. The number of carbonyl (C=O) groups excluding carboxylic acids is 2. The summed E-state index contributed by atoms with van der Waals surface area (Å²) < 4.78 is 0. The smallest absolute Gasteiger partial charge is 0.226 e. The number of aromatic nitrogens is 1. The third-order valence-electron chi connectivity index (χ3n) is 1.42. The van der Waals surface area contributed by atoms with Gasteiger partial charge < -0.3 is 15.2 Å². The van der Waals surface area contributed by atoms with E-state index in [2.05, 4.69) is 10.3 Å². The molecule has 0 unspecified atom stereocenters. The number of carboxylic acids is 1. The van der Waals surface area contributed by atoms with E-state index < -0.39 is 5.97 Å². The normalized spacial score (nSPS) is 9.79. The molecule has 1 aromatic rings. The van der Waals surface area contributed by atoms with E-state index >= 15 is 0 Å². The van der Waals surface area contributed by atoms with Crippen LogP contribution >= 0.6 is 11.3 Å². The largest absolute Gasteiger partial charge is 0.550 e. The monoisotopic (exact) mass is 213 g/mol. The number of amides is 1. The molecule has 0 atom stereocenters. The van der Waals surface area contributed by atoms with Crippen molar-refractivity contribution in [1.82, 2.24) is 4.98 Å². The van der Waals surface area contributed by atoms with Gasteiger partial charge in [0.05, 0.1) is 5.69 Å². The fourth-order valence-corrected chi connectivity index (χ4v) is 1.51. The average molecular weight is 213 g/mol. The van der Waals surface area contributed by atoms with Crippen LogP contribution < -0.4 is 10.4 Å². The fourth-order valence-electron chi connectivity index (χ4n) is 0.809. The highest BCUT2D eigenvalue weighted by Gasteiger charge is 2.04. The lowest BCUT2D eigenvalue weighted by Crippen LogP contribution is -2.24. The number of hydrogen-bond donors (Lipinski definition) is 1. The van der Waals surface area contributed by atoms with Gasteiger partial charge in [0.1, 0.15) is 0 Å². The molecule has 1 N–H and O–H groups in total. The van der Waals surface area contributed by atoms with Crippen molar-refractivity contribution < 1.29 is 14.7 Å². The van der Waals surface area contributed by atoms with Crippen LogP contribution in [0.5, 0.6) is 0 Å². The van der Waals surface area contributed by atoms with Crippen molar-refractivity contribution in [2.45, 2.75) is 19.8 Å². The quantitative estimate of drug-likeness (QED) is 0.758. The Morgan fingerprint density at radius 1 is 1.57 bits per heavy atom. The second kappa shape index (κ2) is 4.71. The Bertz CT molecular complexity index is 348. The molecule has 0 saturated carbocycles. The number of rotatable bonds is 4. The zero-order valence-electron chi connectivity index (χ0n) is 7.57. The molecule has 1 aromatic heterocycles. The molecule has 0 bridgehead atoms. The van der Waals surface area contributed by atoms with Gasteiger partial charge in [-0.15, -0.1) is 11.3 Å². The van der Waals surface area contributed by atoms with Crippen LogP contribution in [0.2, 0.25) is 0 Å². The molecule has 1 amide bonds. The Morgan fingerprint density at radius 2 is 2.29 bits per heavy atom. The molecule has 0 spiro atoms. The number of hydrogen-bond acceptors (Lipinski definition) is 5. The van der Waals surface area contributed by atoms with Gasteiger partial charge in [-0.2, -0.15) is 0 Å². The lowest BCUT2D eigenvalue weighted by molar-refractivity contribution is -0.305. The van der Waals surface area contributed by atoms with Crippen LogP contribution in [0.4, 0.5) is 5.13 Å².